The summed E-state index contributed by atoms with van der Waals surface area (Å²) in [6.07, 6.45) is 0.303. The Kier molecular flexibility index (Phi) is 3.99. The second-order valence-electron chi connectivity index (χ2n) is 4.07. The zero-order valence-corrected chi connectivity index (χ0v) is 12.5. The normalized spacial score (nSPS) is 10.6. The maximum absolute atomic E-state index is 12.0. The molecule has 0 atom stereocenters. The number of hydrogen-bond acceptors (Lipinski definition) is 4. The number of nitrogens with one attached hydrogen (secondary N) is 1. The molecular weight excluding hydrogens is 328 g/mol. The predicted molar refractivity (Wildman–Crippen MR) is 78.0 cm³/mol. The van der Waals surface area contributed by atoms with Gasteiger partial charge in [-0.05, 0) is 24.6 Å². The van der Waals surface area contributed by atoms with E-state index >= 15 is 0 Å². The van der Waals surface area contributed by atoms with E-state index in [-0.39, 0.29) is 11.4 Å². The van der Waals surface area contributed by atoms with Crippen LogP contribution >= 0.6 is 15.9 Å². The summed E-state index contributed by atoms with van der Waals surface area (Å²) in [5.41, 5.74) is -0.816. The Hall–Kier alpha value is -2.02. The van der Waals surface area contributed by atoms with Gasteiger partial charge in [-0.2, -0.15) is 0 Å². The summed E-state index contributed by atoms with van der Waals surface area (Å²) in [7, 11) is 1.46. The summed E-state index contributed by atoms with van der Waals surface area (Å²) < 4.78 is 6.91. The molecule has 106 valence electrons. The lowest BCUT2D eigenvalue weighted by molar-refractivity contribution is 0.399. The Morgan fingerprint density at radius 1 is 1.40 bits per heavy atom. The fraction of sp³-hybridized carbons (Fsp3) is 0.231. The quantitative estimate of drug-likeness (QED) is 0.888. The number of aromatic amines is 1. The molecule has 0 radical (unpaired) electrons. The Balaban J connectivity index is 2.86. The Labute approximate surface area is 122 Å². The number of halogens is 1. The standard InChI is InChI=1S/C13H13BrN2O4/c1-3-8-11(17)15-13(19)16(12(8)18)9-6-7(14)4-5-10(9)20-2/h4-6,18H,3H2,1-2H3,(H,15,17,19). The average Bonchev–Trinajstić information content (AvgIpc) is 2.39. The van der Waals surface area contributed by atoms with Gasteiger partial charge in [0.1, 0.15) is 5.75 Å². The Morgan fingerprint density at radius 2 is 2.10 bits per heavy atom. The van der Waals surface area contributed by atoms with Gasteiger partial charge in [-0.3, -0.25) is 9.78 Å². The lowest BCUT2D eigenvalue weighted by atomic mass is 10.2. The number of aromatic hydroxyl groups is 1. The summed E-state index contributed by atoms with van der Waals surface area (Å²) in [5, 5.41) is 10.2. The first kappa shape index (κ1) is 14.4. The predicted octanol–water partition coefficient (Wildman–Crippen LogP) is 1.56. The van der Waals surface area contributed by atoms with E-state index < -0.39 is 11.2 Å². The van der Waals surface area contributed by atoms with Crippen molar-refractivity contribution in [2.24, 2.45) is 0 Å². The Bertz CT molecular complexity index is 764. The second-order valence-corrected chi connectivity index (χ2v) is 4.98. The highest BCUT2D eigenvalue weighted by Gasteiger charge is 2.17. The highest BCUT2D eigenvalue weighted by Crippen LogP contribution is 2.28. The van der Waals surface area contributed by atoms with Crippen LogP contribution in [0.25, 0.3) is 5.69 Å². The number of ether oxygens (including phenoxy) is 1. The van der Waals surface area contributed by atoms with Crippen LogP contribution in [-0.4, -0.2) is 21.8 Å². The van der Waals surface area contributed by atoms with Gasteiger partial charge in [0.05, 0.1) is 18.4 Å². The molecule has 0 aliphatic heterocycles. The van der Waals surface area contributed by atoms with Crippen molar-refractivity contribution in [3.8, 4) is 17.3 Å². The maximum Gasteiger partial charge on any atom is 0.335 e. The first-order valence-electron chi connectivity index (χ1n) is 5.90. The van der Waals surface area contributed by atoms with E-state index in [1.165, 1.54) is 7.11 Å². The third-order valence-electron chi connectivity index (χ3n) is 2.91. The third-order valence-corrected chi connectivity index (χ3v) is 3.41. The molecular formula is C13H13BrN2O4. The van der Waals surface area contributed by atoms with Crippen LogP contribution in [0, 0.1) is 0 Å². The van der Waals surface area contributed by atoms with Gasteiger partial charge in [-0.1, -0.05) is 22.9 Å². The molecule has 1 heterocycles. The monoisotopic (exact) mass is 340 g/mol. The van der Waals surface area contributed by atoms with Gasteiger partial charge in [-0.25, -0.2) is 9.36 Å². The molecule has 1 aromatic carbocycles. The van der Waals surface area contributed by atoms with Crippen LogP contribution in [0.15, 0.2) is 32.3 Å². The molecule has 0 fully saturated rings. The lowest BCUT2D eigenvalue weighted by Gasteiger charge is -2.14. The van der Waals surface area contributed by atoms with Crippen LogP contribution in [0.4, 0.5) is 0 Å². The number of methoxy groups -OCH3 is 1. The smallest absolute Gasteiger partial charge is 0.335 e. The molecule has 0 unspecified atom stereocenters. The van der Waals surface area contributed by atoms with Crippen LogP contribution < -0.4 is 16.0 Å². The second kappa shape index (κ2) is 5.54. The highest BCUT2D eigenvalue weighted by atomic mass is 79.9. The van der Waals surface area contributed by atoms with Crippen molar-refractivity contribution in [1.29, 1.82) is 0 Å². The number of aromatic nitrogens is 2. The van der Waals surface area contributed by atoms with Gasteiger partial charge in [0.15, 0.2) is 0 Å². The van der Waals surface area contributed by atoms with E-state index in [1.807, 2.05) is 0 Å². The number of H-pyrrole nitrogens is 1. The van der Waals surface area contributed by atoms with E-state index in [2.05, 4.69) is 20.9 Å². The van der Waals surface area contributed by atoms with E-state index in [0.29, 0.717) is 22.3 Å². The van der Waals surface area contributed by atoms with Crippen molar-refractivity contribution >= 4 is 15.9 Å². The van der Waals surface area contributed by atoms with E-state index in [9.17, 15) is 14.7 Å². The number of benzene rings is 1. The number of rotatable bonds is 3. The third kappa shape index (κ3) is 2.36. The summed E-state index contributed by atoms with van der Waals surface area (Å²) >= 11 is 3.30. The van der Waals surface area contributed by atoms with Gasteiger partial charge in [-0.15, -0.1) is 0 Å². The van der Waals surface area contributed by atoms with Crippen LogP contribution in [0.2, 0.25) is 0 Å². The zero-order valence-electron chi connectivity index (χ0n) is 10.9. The molecule has 6 nitrogen and oxygen atoms in total. The van der Waals surface area contributed by atoms with E-state index in [1.54, 1.807) is 25.1 Å². The molecule has 1 aromatic heterocycles. The molecule has 0 saturated heterocycles. The van der Waals surface area contributed by atoms with Gasteiger partial charge in [0.25, 0.3) is 5.56 Å². The SMILES string of the molecule is CCc1c(O)n(-c2cc(Br)ccc2OC)c(=O)[nH]c1=O. The van der Waals surface area contributed by atoms with Crippen molar-refractivity contribution in [1.82, 2.24) is 9.55 Å². The maximum atomic E-state index is 12.0. The first-order chi connectivity index (χ1) is 9.49. The molecule has 0 amide bonds. The minimum atomic E-state index is -0.721. The van der Waals surface area contributed by atoms with E-state index in [0.717, 1.165) is 4.57 Å². The lowest BCUT2D eigenvalue weighted by Crippen LogP contribution is -2.31. The van der Waals surface area contributed by atoms with Crippen molar-refractivity contribution in [3.63, 3.8) is 0 Å². The first-order valence-corrected chi connectivity index (χ1v) is 6.70. The number of nitrogens with zero attached hydrogens (tertiary/aromatic N) is 1. The highest BCUT2D eigenvalue weighted by molar-refractivity contribution is 9.10. The fourth-order valence-electron chi connectivity index (χ4n) is 1.94. The average molecular weight is 341 g/mol. The van der Waals surface area contributed by atoms with Crippen LogP contribution in [0.3, 0.4) is 0 Å². The molecule has 0 aliphatic carbocycles. The summed E-state index contributed by atoms with van der Waals surface area (Å²) in [6, 6.07) is 5.02. The van der Waals surface area contributed by atoms with Crippen LogP contribution in [0.5, 0.6) is 11.6 Å². The van der Waals surface area contributed by atoms with Crippen molar-refractivity contribution < 1.29 is 9.84 Å². The summed E-state index contributed by atoms with van der Waals surface area (Å²) in [5.74, 6) is 0.0253. The molecule has 2 N–H and O–H groups in total. The van der Waals surface area contributed by atoms with Crippen molar-refractivity contribution in [2.75, 3.05) is 7.11 Å². The summed E-state index contributed by atoms with van der Waals surface area (Å²) in [4.78, 5) is 25.8. The van der Waals surface area contributed by atoms with Crippen LogP contribution in [0.1, 0.15) is 12.5 Å². The fourth-order valence-corrected chi connectivity index (χ4v) is 2.29. The van der Waals surface area contributed by atoms with Crippen molar-refractivity contribution in [2.45, 2.75) is 13.3 Å². The molecule has 20 heavy (non-hydrogen) atoms. The van der Waals surface area contributed by atoms with Gasteiger partial charge in [0.2, 0.25) is 5.88 Å². The molecule has 2 aromatic rings. The molecule has 0 spiro atoms. The largest absolute Gasteiger partial charge is 0.495 e. The zero-order chi connectivity index (χ0) is 14.9. The number of hydrogen-bond donors (Lipinski definition) is 2. The molecule has 0 saturated carbocycles. The van der Waals surface area contributed by atoms with Gasteiger partial charge >= 0.3 is 5.69 Å². The minimum Gasteiger partial charge on any atom is -0.495 e. The Morgan fingerprint density at radius 3 is 2.70 bits per heavy atom. The molecule has 0 aliphatic rings. The minimum absolute atomic E-state index is 0.145. The molecule has 0 bridgehead atoms. The molecule has 2 rings (SSSR count). The summed E-state index contributed by atoms with van der Waals surface area (Å²) in [6.45, 7) is 1.72. The van der Waals surface area contributed by atoms with Crippen LogP contribution in [-0.2, 0) is 6.42 Å². The van der Waals surface area contributed by atoms with Gasteiger partial charge < -0.3 is 9.84 Å². The van der Waals surface area contributed by atoms with E-state index in [4.69, 9.17) is 4.74 Å². The van der Waals surface area contributed by atoms with Gasteiger partial charge in [0, 0.05) is 4.47 Å². The van der Waals surface area contributed by atoms with Crippen molar-refractivity contribution in [3.05, 3.63) is 49.1 Å². The molecule has 7 heteroatoms. The topological polar surface area (TPSA) is 84.3 Å².